The van der Waals surface area contributed by atoms with E-state index < -0.39 is 20.0 Å². The lowest BCUT2D eigenvalue weighted by Crippen LogP contribution is -2.28. The average Bonchev–Trinajstić information content (AvgIpc) is 3.06. The van der Waals surface area contributed by atoms with E-state index in [1.54, 1.807) is 18.2 Å². The lowest BCUT2D eigenvalue weighted by molar-refractivity contribution is 0.585. The van der Waals surface area contributed by atoms with E-state index in [0.29, 0.717) is 37.2 Å². The van der Waals surface area contributed by atoms with Crippen molar-refractivity contribution in [1.82, 2.24) is 0 Å². The summed E-state index contributed by atoms with van der Waals surface area (Å²) in [5.74, 6) is 0. The fourth-order valence-electron chi connectivity index (χ4n) is 3.20. The second-order valence-electron chi connectivity index (χ2n) is 5.98. The molecule has 6 nitrogen and oxygen atoms in total. The number of hydrogen-bond donors (Lipinski definition) is 1. The zero-order valence-electron chi connectivity index (χ0n) is 12.4. The first kappa shape index (κ1) is 15.6. The minimum atomic E-state index is -3.40. The second kappa shape index (κ2) is 5.42. The van der Waals surface area contributed by atoms with Gasteiger partial charge in [0, 0.05) is 6.54 Å². The van der Waals surface area contributed by atoms with Crippen molar-refractivity contribution in [3.8, 4) is 0 Å². The maximum Gasteiger partial charge on any atom is 0.235 e. The third kappa shape index (κ3) is 2.94. The van der Waals surface area contributed by atoms with Crippen LogP contribution in [-0.2, 0) is 26.5 Å². The topological polar surface area (TPSA) is 83.6 Å². The molecule has 0 saturated heterocycles. The third-order valence-electron chi connectivity index (χ3n) is 4.34. The molecule has 0 radical (unpaired) electrons. The zero-order valence-corrected chi connectivity index (χ0v) is 14.1. The molecule has 8 heteroatoms. The van der Waals surface area contributed by atoms with E-state index in [4.69, 9.17) is 0 Å². The molecule has 1 heterocycles. The normalized spacial score (nSPS) is 19.4. The molecule has 0 atom stereocenters. The van der Waals surface area contributed by atoms with Crippen molar-refractivity contribution in [1.29, 1.82) is 0 Å². The first-order chi connectivity index (χ1) is 10.3. The smallest absolute Gasteiger partial charge is 0.235 e. The van der Waals surface area contributed by atoms with Gasteiger partial charge in [-0.1, -0.05) is 18.9 Å². The highest BCUT2D eigenvalue weighted by atomic mass is 32.2. The maximum atomic E-state index is 12.3. The number of nitrogens with one attached hydrogen (secondary N) is 1. The molecule has 0 amide bonds. The van der Waals surface area contributed by atoms with Crippen molar-refractivity contribution in [2.24, 2.45) is 0 Å². The van der Waals surface area contributed by atoms with E-state index >= 15 is 0 Å². The molecule has 0 aromatic heterocycles. The summed E-state index contributed by atoms with van der Waals surface area (Å²) in [7, 11) is -6.74. The van der Waals surface area contributed by atoms with E-state index in [1.807, 2.05) is 0 Å². The summed E-state index contributed by atoms with van der Waals surface area (Å²) < 4.78 is 52.2. The Balaban J connectivity index is 1.88. The Morgan fingerprint density at radius 2 is 1.82 bits per heavy atom. The maximum absolute atomic E-state index is 12.3. The van der Waals surface area contributed by atoms with Crippen LogP contribution in [-0.4, -0.2) is 34.9 Å². The van der Waals surface area contributed by atoms with Gasteiger partial charge in [-0.2, -0.15) is 0 Å². The minimum absolute atomic E-state index is 0.341. The Labute approximate surface area is 131 Å². The predicted octanol–water partition coefficient (Wildman–Crippen LogP) is 1.69. The molecule has 22 heavy (non-hydrogen) atoms. The standard InChI is InChI=1S/C14H20N2O4S2/c1-21(17,18)16-9-8-11-6-7-12(10-14(11)16)15-22(19,20)13-4-2-3-5-13/h6-7,10,13,15H,2-5,8-9H2,1H3. The minimum Gasteiger partial charge on any atom is -0.283 e. The van der Waals surface area contributed by atoms with Gasteiger partial charge in [0.2, 0.25) is 20.0 Å². The Morgan fingerprint density at radius 1 is 1.14 bits per heavy atom. The number of fused-ring (bicyclic) bond motifs is 1. The van der Waals surface area contributed by atoms with Crippen LogP contribution in [0.1, 0.15) is 31.2 Å². The molecule has 1 aliphatic heterocycles. The van der Waals surface area contributed by atoms with Crippen molar-refractivity contribution in [2.75, 3.05) is 21.8 Å². The number of benzene rings is 1. The van der Waals surface area contributed by atoms with Crippen LogP contribution in [0.25, 0.3) is 0 Å². The Kier molecular flexibility index (Phi) is 3.84. The number of hydrogen-bond acceptors (Lipinski definition) is 4. The quantitative estimate of drug-likeness (QED) is 0.901. The summed E-state index contributed by atoms with van der Waals surface area (Å²) in [5.41, 5.74) is 1.93. The highest BCUT2D eigenvalue weighted by molar-refractivity contribution is 7.93. The van der Waals surface area contributed by atoms with Crippen LogP contribution in [0.2, 0.25) is 0 Å². The van der Waals surface area contributed by atoms with Crippen LogP contribution in [0.4, 0.5) is 11.4 Å². The summed E-state index contributed by atoms with van der Waals surface area (Å²) in [4.78, 5) is 0. The summed E-state index contributed by atoms with van der Waals surface area (Å²) in [5, 5.41) is -0.341. The van der Waals surface area contributed by atoms with Crippen LogP contribution in [0.3, 0.4) is 0 Å². The number of rotatable bonds is 4. The first-order valence-electron chi connectivity index (χ1n) is 7.40. The lowest BCUT2D eigenvalue weighted by atomic mass is 10.1. The largest absolute Gasteiger partial charge is 0.283 e. The van der Waals surface area contributed by atoms with E-state index in [9.17, 15) is 16.8 Å². The van der Waals surface area contributed by atoms with Gasteiger partial charge in [-0.05, 0) is 37.0 Å². The van der Waals surface area contributed by atoms with Crippen molar-refractivity contribution in [3.63, 3.8) is 0 Å². The SMILES string of the molecule is CS(=O)(=O)N1CCc2ccc(NS(=O)(=O)C3CCCC3)cc21. The van der Waals surface area contributed by atoms with Crippen LogP contribution in [0, 0.1) is 0 Å². The van der Waals surface area contributed by atoms with Crippen molar-refractivity contribution in [3.05, 3.63) is 23.8 Å². The number of anilines is 2. The van der Waals surface area contributed by atoms with Crippen LogP contribution < -0.4 is 9.03 Å². The highest BCUT2D eigenvalue weighted by Crippen LogP contribution is 2.33. The van der Waals surface area contributed by atoms with Gasteiger partial charge in [0.15, 0.2) is 0 Å². The van der Waals surface area contributed by atoms with Gasteiger partial charge in [-0.15, -0.1) is 0 Å². The summed E-state index contributed by atoms with van der Waals surface area (Å²) in [6.45, 7) is 0.410. The molecule has 0 bridgehead atoms. The molecule has 122 valence electrons. The molecule has 0 spiro atoms. The van der Waals surface area contributed by atoms with Crippen molar-refractivity contribution < 1.29 is 16.8 Å². The summed E-state index contributed by atoms with van der Waals surface area (Å²) in [6.07, 6.45) is 5.08. The Morgan fingerprint density at radius 3 is 2.45 bits per heavy atom. The third-order valence-corrected chi connectivity index (χ3v) is 7.39. The second-order valence-corrected chi connectivity index (χ2v) is 9.85. The zero-order chi connectivity index (χ0) is 16.0. The molecular weight excluding hydrogens is 324 g/mol. The molecule has 1 aromatic carbocycles. The molecular formula is C14H20N2O4S2. The first-order valence-corrected chi connectivity index (χ1v) is 10.8. The molecule has 2 aliphatic rings. The van der Waals surface area contributed by atoms with Gasteiger partial charge in [-0.3, -0.25) is 9.03 Å². The molecule has 1 saturated carbocycles. The van der Waals surface area contributed by atoms with E-state index in [1.165, 1.54) is 4.31 Å². The number of sulfonamides is 2. The van der Waals surface area contributed by atoms with Crippen LogP contribution in [0.5, 0.6) is 0 Å². The van der Waals surface area contributed by atoms with Crippen LogP contribution in [0.15, 0.2) is 18.2 Å². The Bertz CT molecular complexity index is 781. The molecule has 1 aromatic rings. The summed E-state index contributed by atoms with van der Waals surface area (Å²) >= 11 is 0. The fourth-order valence-corrected chi connectivity index (χ4v) is 5.73. The molecule has 1 aliphatic carbocycles. The van der Waals surface area contributed by atoms with E-state index in [2.05, 4.69) is 4.72 Å². The summed E-state index contributed by atoms with van der Waals surface area (Å²) in [6, 6.07) is 5.13. The van der Waals surface area contributed by atoms with Gasteiger partial charge in [0.05, 0.1) is 22.9 Å². The van der Waals surface area contributed by atoms with Gasteiger partial charge in [-0.25, -0.2) is 16.8 Å². The molecule has 1 fully saturated rings. The van der Waals surface area contributed by atoms with Crippen molar-refractivity contribution >= 4 is 31.4 Å². The molecule has 3 rings (SSSR count). The molecule has 0 unspecified atom stereocenters. The van der Waals surface area contributed by atoms with Gasteiger partial charge >= 0.3 is 0 Å². The van der Waals surface area contributed by atoms with Crippen LogP contribution >= 0.6 is 0 Å². The van der Waals surface area contributed by atoms with Gasteiger partial charge < -0.3 is 0 Å². The average molecular weight is 344 g/mol. The highest BCUT2D eigenvalue weighted by Gasteiger charge is 2.30. The van der Waals surface area contributed by atoms with Crippen molar-refractivity contribution in [2.45, 2.75) is 37.4 Å². The monoisotopic (exact) mass is 344 g/mol. The number of nitrogens with zero attached hydrogens (tertiary/aromatic N) is 1. The molecule has 1 N–H and O–H groups in total. The fraction of sp³-hybridized carbons (Fsp3) is 0.571. The Hall–Kier alpha value is -1.28. The van der Waals surface area contributed by atoms with Gasteiger partial charge in [0.25, 0.3) is 0 Å². The van der Waals surface area contributed by atoms with E-state index in [0.717, 1.165) is 24.7 Å². The van der Waals surface area contributed by atoms with E-state index in [-0.39, 0.29) is 5.25 Å². The van der Waals surface area contributed by atoms with Gasteiger partial charge in [0.1, 0.15) is 0 Å². The lowest BCUT2D eigenvalue weighted by Gasteiger charge is -2.18. The predicted molar refractivity (Wildman–Crippen MR) is 87.1 cm³/mol.